The first-order chi connectivity index (χ1) is 16.7. The van der Waals surface area contributed by atoms with E-state index < -0.39 is 0 Å². The highest BCUT2D eigenvalue weighted by atomic mass is 32.1. The molecular formula is C28H25FN3O2S+. The first-order valence-electron chi connectivity index (χ1n) is 11.3. The van der Waals surface area contributed by atoms with Crippen molar-refractivity contribution in [2.45, 2.75) is 34.2 Å². The maximum absolute atomic E-state index is 15.0. The molecule has 0 atom stereocenters. The van der Waals surface area contributed by atoms with Crippen LogP contribution in [0.3, 0.4) is 0 Å². The lowest BCUT2D eigenvalue weighted by molar-refractivity contribution is -0.671. The summed E-state index contributed by atoms with van der Waals surface area (Å²) in [6, 6.07) is 14.1. The van der Waals surface area contributed by atoms with Gasteiger partial charge in [0.15, 0.2) is 5.56 Å². The first-order valence-corrected chi connectivity index (χ1v) is 12.1. The number of pyridine rings is 1. The van der Waals surface area contributed by atoms with Crippen molar-refractivity contribution in [3.63, 3.8) is 0 Å². The second kappa shape index (κ2) is 8.74. The molecule has 0 saturated heterocycles. The SMILES string of the molecule is Cc1ccc(-c2cc(-c3c(O)[n+](Cc4cnc(C)s4)c4c(C)cccn4c3=O)ccc2F)c(C)c1. The van der Waals surface area contributed by atoms with Gasteiger partial charge < -0.3 is 5.11 Å². The van der Waals surface area contributed by atoms with E-state index in [0.717, 1.165) is 32.1 Å². The number of aromatic hydroxyl groups is 1. The Bertz CT molecular complexity index is 1670. The predicted molar refractivity (Wildman–Crippen MR) is 137 cm³/mol. The Morgan fingerprint density at radius 2 is 1.83 bits per heavy atom. The Morgan fingerprint density at radius 1 is 1.03 bits per heavy atom. The summed E-state index contributed by atoms with van der Waals surface area (Å²) in [4.78, 5) is 18.9. The molecule has 0 saturated carbocycles. The summed E-state index contributed by atoms with van der Waals surface area (Å²) in [5.41, 5.74) is 4.82. The molecule has 5 aromatic rings. The van der Waals surface area contributed by atoms with E-state index in [-0.39, 0.29) is 22.8 Å². The van der Waals surface area contributed by atoms with Crippen molar-refractivity contribution < 1.29 is 14.1 Å². The summed E-state index contributed by atoms with van der Waals surface area (Å²) >= 11 is 1.54. The molecule has 3 heterocycles. The van der Waals surface area contributed by atoms with Crippen LogP contribution in [0.2, 0.25) is 0 Å². The van der Waals surface area contributed by atoms with Gasteiger partial charge in [0.2, 0.25) is 0 Å². The summed E-state index contributed by atoms with van der Waals surface area (Å²) in [6.07, 6.45) is 3.47. The van der Waals surface area contributed by atoms with E-state index in [0.29, 0.717) is 23.3 Å². The van der Waals surface area contributed by atoms with E-state index in [2.05, 4.69) is 4.98 Å². The highest BCUT2D eigenvalue weighted by molar-refractivity contribution is 7.11. The molecule has 35 heavy (non-hydrogen) atoms. The summed E-state index contributed by atoms with van der Waals surface area (Å²) in [5, 5.41) is 12.4. The van der Waals surface area contributed by atoms with Gasteiger partial charge in [-0.3, -0.25) is 0 Å². The van der Waals surface area contributed by atoms with E-state index in [1.165, 1.54) is 17.4 Å². The molecule has 0 unspecified atom stereocenters. The number of fused-ring (bicyclic) bond motifs is 1. The minimum Gasteiger partial charge on any atom is -0.477 e. The summed E-state index contributed by atoms with van der Waals surface area (Å²) in [5.74, 6) is -0.543. The Balaban J connectivity index is 1.78. The monoisotopic (exact) mass is 486 g/mol. The molecule has 0 aliphatic rings. The zero-order valence-corrected chi connectivity index (χ0v) is 20.8. The lowest BCUT2D eigenvalue weighted by Gasteiger charge is -2.13. The third-order valence-electron chi connectivity index (χ3n) is 6.24. The lowest BCUT2D eigenvalue weighted by Crippen LogP contribution is -2.41. The zero-order valence-electron chi connectivity index (χ0n) is 20.0. The Kier molecular flexibility index (Phi) is 5.73. The normalized spacial score (nSPS) is 11.3. The summed E-state index contributed by atoms with van der Waals surface area (Å²) in [7, 11) is 0. The van der Waals surface area contributed by atoms with Crippen molar-refractivity contribution in [2.75, 3.05) is 0 Å². The van der Waals surface area contributed by atoms with Crippen LogP contribution in [0.4, 0.5) is 4.39 Å². The standard InChI is InChI=1S/C28H24FN3O2S/c1-16-7-9-22(18(3)12-16)23-13-20(8-10-24(23)29)25-27(33)31-11-5-6-17(2)26(31)32(28(25)34)15-21-14-30-19(4)35-21/h5-14H,15H2,1-4H3/p+1. The van der Waals surface area contributed by atoms with Gasteiger partial charge in [-0.15, -0.1) is 11.3 Å². The first kappa shape index (κ1) is 22.9. The smallest absolute Gasteiger partial charge is 0.354 e. The summed E-state index contributed by atoms with van der Waals surface area (Å²) < 4.78 is 18.2. The fraction of sp³-hybridized carbons (Fsp3) is 0.179. The average Bonchev–Trinajstić information content (AvgIpc) is 3.23. The molecule has 2 aromatic carbocycles. The van der Waals surface area contributed by atoms with Crippen LogP contribution < -0.4 is 10.1 Å². The number of nitrogens with zero attached hydrogens (tertiary/aromatic N) is 3. The number of thiazole rings is 1. The maximum atomic E-state index is 15.0. The zero-order chi connectivity index (χ0) is 24.9. The molecule has 0 fully saturated rings. The van der Waals surface area contributed by atoms with Crippen LogP contribution >= 0.6 is 11.3 Å². The van der Waals surface area contributed by atoms with Gasteiger partial charge in [0, 0.05) is 17.3 Å². The molecule has 7 heteroatoms. The van der Waals surface area contributed by atoms with E-state index >= 15 is 0 Å². The number of benzene rings is 2. The lowest BCUT2D eigenvalue weighted by atomic mass is 9.95. The Hall–Kier alpha value is -3.84. The largest absolute Gasteiger partial charge is 0.477 e. The van der Waals surface area contributed by atoms with Crippen molar-refractivity contribution in [1.29, 1.82) is 0 Å². The van der Waals surface area contributed by atoms with Gasteiger partial charge in [0.05, 0.1) is 16.1 Å². The van der Waals surface area contributed by atoms with Gasteiger partial charge in [-0.1, -0.05) is 29.8 Å². The molecule has 0 aliphatic heterocycles. The third kappa shape index (κ3) is 4.02. The molecular weight excluding hydrogens is 461 g/mol. The molecule has 0 radical (unpaired) electrons. The van der Waals surface area contributed by atoms with Crippen LogP contribution in [-0.4, -0.2) is 14.5 Å². The van der Waals surface area contributed by atoms with Crippen LogP contribution in [0.15, 0.2) is 65.7 Å². The van der Waals surface area contributed by atoms with Gasteiger partial charge in [-0.2, -0.15) is 8.97 Å². The van der Waals surface area contributed by atoms with Crippen LogP contribution in [-0.2, 0) is 6.54 Å². The number of hydrogen-bond donors (Lipinski definition) is 1. The molecule has 0 bridgehead atoms. The van der Waals surface area contributed by atoms with Crippen molar-refractivity contribution in [3.8, 4) is 28.1 Å². The molecule has 176 valence electrons. The molecule has 0 spiro atoms. The van der Waals surface area contributed by atoms with Crippen LogP contribution in [0.25, 0.3) is 27.9 Å². The van der Waals surface area contributed by atoms with Crippen molar-refractivity contribution >= 4 is 17.0 Å². The average molecular weight is 487 g/mol. The number of aryl methyl sites for hydroxylation is 4. The summed E-state index contributed by atoms with van der Waals surface area (Å²) in [6.45, 7) is 8.10. The van der Waals surface area contributed by atoms with Crippen molar-refractivity contribution in [1.82, 2.24) is 9.38 Å². The maximum Gasteiger partial charge on any atom is 0.354 e. The van der Waals surface area contributed by atoms with Gasteiger partial charge in [-0.25, -0.2) is 14.2 Å². The molecule has 0 aliphatic carbocycles. The number of halogens is 1. The Morgan fingerprint density at radius 3 is 2.54 bits per heavy atom. The fourth-order valence-electron chi connectivity index (χ4n) is 4.61. The van der Waals surface area contributed by atoms with Gasteiger partial charge >= 0.3 is 5.56 Å². The van der Waals surface area contributed by atoms with Crippen molar-refractivity contribution in [3.05, 3.63) is 104 Å². The topological polar surface area (TPSA) is 58.5 Å². The molecule has 5 rings (SSSR count). The second-order valence-electron chi connectivity index (χ2n) is 8.83. The van der Waals surface area contributed by atoms with E-state index in [1.807, 2.05) is 52.0 Å². The van der Waals surface area contributed by atoms with Crippen LogP contribution in [0, 0.1) is 33.5 Å². The molecule has 3 aromatic heterocycles. The number of rotatable bonds is 4. The predicted octanol–water partition coefficient (Wildman–Crippen LogP) is 5.50. The van der Waals surface area contributed by atoms with Gasteiger partial charge in [-0.05, 0) is 68.7 Å². The minimum atomic E-state index is -0.384. The van der Waals surface area contributed by atoms with E-state index in [4.69, 9.17) is 0 Å². The van der Waals surface area contributed by atoms with E-state index in [1.54, 1.807) is 39.6 Å². The highest BCUT2D eigenvalue weighted by Gasteiger charge is 2.27. The fourth-order valence-corrected chi connectivity index (χ4v) is 5.39. The molecule has 1 N–H and O–H groups in total. The Labute approximate surface area is 206 Å². The second-order valence-corrected chi connectivity index (χ2v) is 10.2. The van der Waals surface area contributed by atoms with Gasteiger partial charge in [0.25, 0.3) is 11.5 Å². The number of hydrogen-bond acceptors (Lipinski definition) is 4. The highest BCUT2D eigenvalue weighted by Crippen LogP contribution is 2.33. The van der Waals surface area contributed by atoms with Crippen LogP contribution in [0.5, 0.6) is 5.88 Å². The van der Waals surface area contributed by atoms with Crippen molar-refractivity contribution in [2.24, 2.45) is 0 Å². The number of aromatic nitrogens is 3. The molecule has 5 nitrogen and oxygen atoms in total. The quantitative estimate of drug-likeness (QED) is 0.341. The van der Waals surface area contributed by atoms with Crippen LogP contribution in [0.1, 0.15) is 26.6 Å². The van der Waals surface area contributed by atoms with Gasteiger partial charge in [0.1, 0.15) is 12.4 Å². The third-order valence-corrected chi connectivity index (χ3v) is 7.14. The molecule has 0 amide bonds. The minimum absolute atomic E-state index is 0.125. The van der Waals surface area contributed by atoms with E-state index in [9.17, 15) is 14.3 Å².